The van der Waals surface area contributed by atoms with E-state index in [9.17, 15) is 0 Å². The number of hydrogen-bond acceptors (Lipinski definition) is 7. The number of thiazole rings is 1. The predicted molar refractivity (Wildman–Crippen MR) is 118 cm³/mol. The van der Waals surface area contributed by atoms with Crippen LogP contribution in [0.5, 0.6) is 10.9 Å². The van der Waals surface area contributed by atoms with Crippen molar-refractivity contribution >= 4 is 32.7 Å². The number of furan rings is 1. The summed E-state index contributed by atoms with van der Waals surface area (Å²) in [5.41, 5.74) is 2.85. The Hall–Kier alpha value is -2.48. The topological polar surface area (TPSA) is 63.4 Å². The Bertz CT molecular complexity index is 1140. The lowest BCUT2D eigenvalue weighted by Gasteiger charge is -2.34. The first-order valence-electron chi connectivity index (χ1n) is 10.7. The maximum Gasteiger partial charge on any atom is 0.281 e. The van der Waals surface area contributed by atoms with Gasteiger partial charge in [-0.1, -0.05) is 11.3 Å². The fourth-order valence-corrected chi connectivity index (χ4v) is 5.24. The Morgan fingerprint density at radius 2 is 2.00 bits per heavy atom. The van der Waals surface area contributed by atoms with Gasteiger partial charge in [0.15, 0.2) is 5.65 Å². The van der Waals surface area contributed by atoms with E-state index in [4.69, 9.17) is 9.15 Å². The third-order valence-corrected chi connectivity index (χ3v) is 7.01. The number of hydrogen-bond donors (Lipinski definition) is 1. The molecule has 0 atom stereocenters. The highest BCUT2D eigenvalue weighted by atomic mass is 32.1. The Morgan fingerprint density at radius 1 is 1.13 bits per heavy atom. The van der Waals surface area contributed by atoms with E-state index in [1.165, 1.54) is 48.0 Å². The summed E-state index contributed by atoms with van der Waals surface area (Å²) >= 11 is 1.50. The van der Waals surface area contributed by atoms with Crippen LogP contribution in [0.25, 0.3) is 21.3 Å². The number of fused-ring (bicyclic) bond motifs is 2. The van der Waals surface area contributed by atoms with Gasteiger partial charge in [0, 0.05) is 41.8 Å². The zero-order valence-corrected chi connectivity index (χ0v) is 17.5. The van der Waals surface area contributed by atoms with Crippen LogP contribution in [0.2, 0.25) is 0 Å². The van der Waals surface area contributed by atoms with Crippen molar-refractivity contribution in [3.8, 4) is 10.9 Å². The number of benzene rings is 1. The van der Waals surface area contributed by atoms with Crippen LogP contribution in [0.4, 0.5) is 0 Å². The molecule has 3 aromatic heterocycles. The van der Waals surface area contributed by atoms with Gasteiger partial charge in [-0.25, -0.2) is 4.98 Å². The summed E-state index contributed by atoms with van der Waals surface area (Å²) in [7, 11) is 0. The molecule has 0 amide bonds. The number of piperidine rings is 1. The van der Waals surface area contributed by atoms with Crippen molar-refractivity contribution in [3.05, 3.63) is 48.4 Å². The molecule has 7 heteroatoms. The number of rotatable bonds is 6. The van der Waals surface area contributed by atoms with Gasteiger partial charge in [0.05, 0.1) is 11.0 Å². The number of ether oxygens (including phenoxy) is 1. The molecule has 0 unspecified atom stereocenters. The van der Waals surface area contributed by atoms with E-state index in [-0.39, 0.29) is 0 Å². The maximum absolute atomic E-state index is 6.00. The SMILES string of the molecule is c1cnc2nc(Oc3ccc4c(CN(C5CCNCC5)C5CC5)coc4c3)sc2c1. The number of nitrogens with one attached hydrogen (secondary N) is 1. The maximum atomic E-state index is 6.00. The average Bonchev–Trinajstić information content (AvgIpc) is 3.42. The monoisotopic (exact) mass is 420 g/mol. The minimum Gasteiger partial charge on any atom is -0.464 e. The van der Waals surface area contributed by atoms with Crippen LogP contribution in [0.1, 0.15) is 31.2 Å². The molecule has 4 heterocycles. The van der Waals surface area contributed by atoms with Crippen LogP contribution in [-0.4, -0.2) is 40.0 Å². The minimum absolute atomic E-state index is 0.598. The van der Waals surface area contributed by atoms with E-state index in [0.717, 1.165) is 47.4 Å². The van der Waals surface area contributed by atoms with Gasteiger partial charge in [-0.3, -0.25) is 4.90 Å². The van der Waals surface area contributed by atoms with Gasteiger partial charge in [0.2, 0.25) is 0 Å². The minimum atomic E-state index is 0.598. The van der Waals surface area contributed by atoms with Crippen LogP contribution in [0.15, 0.2) is 47.2 Å². The molecule has 1 saturated heterocycles. The summed E-state index contributed by atoms with van der Waals surface area (Å²) < 4.78 is 12.9. The molecule has 0 spiro atoms. The second-order valence-electron chi connectivity index (χ2n) is 8.21. The number of nitrogens with zero attached hydrogens (tertiary/aromatic N) is 3. The summed E-state index contributed by atoms with van der Waals surface area (Å²) in [5.74, 6) is 0.736. The Labute approximate surface area is 178 Å². The summed E-state index contributed by atoms with van der Waals surface area (Å²) in [5, 5.41) is 5.26. The quantitative estimate of drug-likeness (QED) is 0.476. The van der Waals surface area contributed by atoms with Crippen molar-refractivity contribution in [1.29, 1.82) is 0 Å². The lowest BCUT2D eigenvalue weighted by atomic mass is 10.0. The van der Waals surface area contributed by atoms with Gasteiger partial charge in [0.1, 0.15) is 11.3 Å². The fourth-order valence-electron chi connectivity index (χ4n) is 4.44. The molecule has 1 aliphatic heterocycles. The van der Waals surface area contributed by atoms with E-state index >= 15 is 0 Å². The first kappa shape index (κ1) is 18.3. The molecule has 0 radical (unpaired) electrons. The van der Waals surface area contributed by atoms with Gasteiger partial charge >= 0.3 is 0 Å². The molecule has 0 bridgehead atoms. The zero-order valence-electron chi connectivity index (χ0n) is 16.7. The highest BCUT2D eigenvalue weighted by molar-refractivity contribution is 7.20. The van der Waals surface area contributed by atoms with Crippen molar-refractivity contribution in [2.75, 3.05) is 13.1 Å². The third kappa shape index (κ3) is 3.57. The van der Waals surface area contributed by atoms with E-state index < -0.39 is 0 Å². The van der Waals surface area contributed by atoms with Crippen LogP contribution in [0.3, 0.4) is 0 Å². The number of pyridine rings is 1. The second kappa shape index (κ2) is 7.65. The predicted octanol–water partition coefficient (Wildman–Crippen LogP) is 4.95. The van der Waals surface area contributed by atoms with Crippen LogP contribution < -0.4 is 10.1 Å². The first-order valence-corrected chi connectivity index (χ1v) is 11.5. The highest BCUT2D eigenvalue weighted by Gasteiger charge is 2.34. The summed E-state index contributed by atoms with van der Waals surface area (Å²) in [6.07, 6.45) is 8.80. The average molecular weight is 421 g/mol. The highest BCUT2D eigenvalue weighted by Crippen LogP contribution is 2.36. The number of aromatic nitrogens is 2. The molecule has 6 nitrogen and oxygen atoms in total. The van der Waals surface area contributed by atoms with Crippen LogP contribution >= 0.6 is 11.3 Å². The molecule has 2 fully saturated rings. The van der Waals surface area contributed by atoms with E-state index in [0.29, 0.717) is 11.2 Å². The fraction of sp³-hybridized carbons (Fsp3) is 0.391. The summed E-state index contributed by atoms with van der Waals surface area (Å²) in [4.78, 5) is 11.4. The molecule has 6 rings (SSSR count). The van der Waals surface area contributed by atoms with Gasteiger partial charge in [0.25, 0.3) is 5.19 Å². The van der Waals surface area contributed by atoms with Gasteiger partial charge in [-0.15, -0.1) is 0 Å². The molecular formula is C23H24N4O2S. The van der Waals surface area contributed by atoms with E-state index in [1.54, 1.807) is 6.20 Å². The molecule has 1 aromatic carbocycles. The lowest BCUT2D eigenvalue weighted by molar-refractivity contribution is 0.145. The normalized spacial score (nSPS) is 17.9. The zero-order chi connectivity index (χ0) is 19.9. The van der Waals surface area contributed by atoms with Crippen molar-refractivity contribution in [2.24, 2.45) is 0 Å². The molecule has 1 aliphatic carbocycles. The van der Waals surface area contributed by atoms with E-state index in [2.05, 4.69) is 26.3 Å². The molecule has 30 heavy (non-hydrogen) atoms. The van der Waals surface area contributed by atoms with Gasteiger partial charge < -0.3 is 14.5 Å². The molecule has 154 valence electrons. The standard InChI is InChI=1S/C23H24N4O2S/c1-2-21-22(25-9-1)26-23(30-21)29-18-5-6-19-15(14-28-20(19)12-18)13-27(16-3-4-16)17-7-10-24-11-8-17/h1-2,5-6,9,12,14,16-17,24H,3-4,7-8,10-11,13H2. The van der Waals surface area contributed by atoms with E-state index in [1.807, 2.05) is 30.5 Å². The molecule has 1 N–H and O–H groups in total. The Balaban J connectivity index is 1.23. The van der Waals surface area contributed by atoms with Crippen LogP contribution in [-0.2, 0) is 6.54 Å². The lowest BCUT2D eigenvalue weighted by Crippen LogP contribution is -2.43. The molecular weight excluding hydrogens is 396 g/mol. The van der Waals surface area contributed by atoms with Crippen LogP contribution in [0, 0.1) is 0 Å². The summed E-state index contributed by atoms with van der Waals surface area (Å²) in [6, 6.07) is 11.4. The summed E-state index contributed by atoms with van der Waals surface area (Å²) in [6.45, 7) is 3.22. The molecule has 2 aliphatic rings. The van der Waals surface area contributed by atoms with Crippen molar-refractivity contribution in [1.82, 2.24) is 20.2 Å². The Kier molecular flexibility index (Phi) is 4.67. The Morgan fingerprint density at radius 3 is 2.83 bits per heavy atom. The van der Waals surface area contributed by atoms with Gasteiger partial charge in [-0.05, 0) is 63.0 Å². The molecule has 1 saturated carbocycles. The van der Waals surface area contributed by atoms with Crippen molar-refractivity contribution in [3.63, 3.8) is 0 Å². The largest absolute Gasteiger partial charge is 0.464 e. The smallest absolute Gasteiger partial charge is 0.281 e. The molecule has 4 aromatic rings. The van der Waals surface area contributed by atoms with Gasteiger partial charge in [-0.2, -0.15) is 4.98 Å². The van der Waals surface area contributed by atoms with Crippen molar-refractivity contribution < 1.29 is 9.15 Å². The third-order valence-electron chi connectivity index (χ3n) is 6.12. The second-order valence-corrected chi connectivity index (χ2v) is 9.20. The van der Waals surface area contributed by atoms with Crippen molar-refractivity contribution in [2.45, 2.75) is 44.3 Å². The first-order chi connectivity index (χ1) is 14.8.